The molecule has 0 aliphatic carbocycles. The van der Waals surface area contributed by atoms with Crippen LogP contribution < -0.4 is 11.1 Å². The van der Waals surface area contributed by atoms with Gasteiger partial charge < -0.3 is 11.1 Å². The van der Waals surface area contributed by atoms with Gasteiger partial charge in [0.25, 0.3) is 0 Å². The molecule has 100 valence electrons. The molecule has 5 heteroatoms. The van der Waals surface area contributed by atoms with Crippen LogP contribution in [0.4, 0.5) is 0 Å². The fourth-order valence-corrected chi connectivity index (χ4v) is 3.16. The van der Waals surface area contributed by atoms with Crippen LogP contribution in [-0.2, 0) is 11.3 Å². The Morgan fingerprint density at radius 2 is 2.50 bits per heavy atom. The quantitative estimate of drug-likeness (QED) is 0.838. The number of likely N-dealkylation sites (tertiary alicyclic amines) is 1. The lowest BCUT2D eigenvalue weighted by molar-refractivity contribution is -0.120. The van der Waals surface area contributed by atoms with E-state index in [0.717, 1.165) is 19.6 Å². The van der Waals surface area contributed by atoms with Crippen molar-refractivity contribution in [1.82, 2.24) is 10.2 Å². The van der Waals surface area contributed by atoms with Crippen LogP contribution in [0.3, 0.4) is 0 Å². The molecule has 1 unspecified atom stereocenters. The Balaban J connectivity index is 1.76. The van der Waals surface area contributed by atoms with E-state index in [-0.39, 0.29) is 12.5 Å². The van der Waals surface area contributed by atoms with E-state index in [9.17, 15) is 4.79 Å². The smallest absolute Gasteiger partial charge is 0.233 e. The zero-order chi connectivity index (χ0) is 12.8. The van der Waals surface area contributed by atoms with Crippen LogP contribution >= 0.6 is 11.3 Å². The molecule has 1 aliphatic rings. The number of hydrogen-bond donors (Lipinski definition) is 2. The van der Waals surface area contributed by atoms with Gasteiger partial charge in [0.1, 0.15) is 0 Å². The maximum absolute atomic E-state index is 11.1. The minimum absolute atomic E-state index is 0.0506. The molecule has 0 radical (unpaired) electrons. The average Bonchev–Trinajstić information content (AvgIpc) is 2.89. The van der Waals surface area contributed by atoms with Gasteiger partial charge in [0.15, 0.2) is 0 Å². The van der Waals surface area contributed by atoms with E-state index < -0.39 is 0 Å². The topological polar surface area (TPSA) is 58.4 Å². The summed E-state index contributed by atoms with van der Waals surface area (Å²) in [5, 5.41) is 5.02. The number of amides is 1. The maximum Gasteiger partial charge on any atom is 0.233 e. The highest BCUT2D eigenvalue weighted by molar-refractivity contribution is 7.09. The molecule has 0 aromatic carbocycles. The van der Waals surface area contributed by atoms with Crippen LogP contribution in [-0.4, -0.2) is 37.0 Å². The molecule has 1 amide bonds. The van der Waals surface area contributed by atoms with Gasteiger partial charge in [-0.2, -0.15) is 0 Å². The lowest BCUT2D eigenvalue weighted by Crippen LogP contribution is -2.41. The number of nitrogens with one attached hydrogen (secondary N) is 1. The molecule has 2 heterocycles. The molecule has 1 aromatic rings. The first-order valence-electron chi connectivity index (χ1n) is 6.49. The molecule has 0 spiro atoms. The zero-order valence-corrected chi connectivity index (χ0v) is 11.4. The van der Waals surface area contributed by atoms with Gasteiger partial charge >= 0.3 is 0 Å². The minimum Gasteiger partial charge on any atom is -0.355 e. The van der Waals surface area contributed by atoms with Crippen molar-refractivity contribution >= 4 is 17.2 Å². The van der Waals surface area contributed by atoms with Gasteiger partial charge in [0.2, 0.25) is 5.91 Å². The van der Waals surface area contributed by atoms with Crippen LogP contribution in [0.5, 0.6) is 0 Å². The van der Waals surface area contributed by atoms with E-state index in [1.807, 2.05) is 11.3 Å². The zero-order valence-electron chi connectivity index (χ0n) is 10.6. The minimum atomic E-state index is -0.0506. The molecule has 0 bridgehead atoms. The molecule has 1 aliphatic heterocycles. The summed E-state index contributed by atoms with van der Waals surface area (Å²) in [4.78, 5) is 15.0. The largest absolute Gasteiger partial charge is 0.355 e. The molecule has 2 rings (SSSR count). The lowest BCUT2D eigenvalue weighted by Gasteiger charge is -2.32. The molecular formula is C13H21N3OS. The van der Waals surface area contributed by atoms with E-state index in [1.165, 1.54) is 24.3 Å². The van der Waals surface area contributed by atoms with Crippen molar-refractivity contribution in [3.8, 4) is 0 Å². The normalized spacial score (nSPS) is 20.8. The SMILES string of the molecule is NCC(=O)NCC1CCCN(Cc2cccs2)C1. The van der Waals surface area contributed by atoms with Gasteiger partial charge in [-0.15, -0.1) is 11.3 Å². The third-order valence-electron chi connectivity index (χ3n) is 3.34. The highest BCUT2D eigenvalue weighted by atomic mass is 32.1. The molecule has 1 fully saturated rings. The van der Waals surface area contributed by atoms with Gasteiger partial charge in [0.05, 0.1) is 6.54 Å². The van der Waals surface area contributed by atoms with Crippen LogP contribution in [0.25, 0.3) is 0 Å². The third kappa shape index (κ3) is 4.08. The van der Waals surface area contributed by atoms with E-state index in [2.05, 4.69) is 27.7 Å². The Labute approximate surface area is 112 Å². The van der Waals surface area contributed by atoms with Gasteiger partial charge in [-0.3, -0.25) is 9.69 Å². The molecule has 4 nitrogen and oxygen atoms in total. The second-order valence-electron chi connectivity index (χ2n) is 4.83. The predicted octanol–water partition coefficient (Wildman–Crippen LogP) is 1.03. The van der Waals surface area contributed by atoms with Gasteiger partial charge in [0, 0.05) is 24.5 Å². The summed E-state index contributed by atoms with van der Waals surface area (Å²) in [6.45, 7) is 4.13. The monoisotopic (exact) mass is 267 g/mol. The van der Waals surface area contributed by atoms with Crippen molar-refractivity contribution < 1.29 is 4.79 Å². The summed E-state index contributed by atoms with van der Waals surface area (Å²) in [7, 11) is 0. The van der Waals surface area contributed by atoms with Crippen molar-refractivity contribution in [2.75, 3.05) is 26.2 Å². The molecule has 18 heavy (non-hydrogen) atoms. The summed E-state index contributed by atoms with van der Waals surface area (Å²) >= 11 is 1.81. The highest BCUT2D eigenvalue weighted by Crippen LogP contribution is 2.19. The van der Waals surface area contributed by atoms with E-state index in [1.54, 1.807) is 0 Å². The standard InChI is InChI=1S/C13H21N3OS/c14-7-13(17)15-8-11-3-1-5-16(9-11)10-12-4-2-6-18-12/h2,4,6,11H,1,3,5,7-10,14H2,(H,15,17). The van der Waals surface area contributed by atoms with Crippen LogP contribution in [0.2, 0.25) is 0 Å². The Bertz CT molecular complexity index is 366. The van der Waals surface area contributed by atoms with Crippen LogP contribution in [0.1, 0.15) is 17.7 Å². The first kappa shape index (κ1) is 13.5. The average molecular weight is 267 g/mol. The molecule has 1 atom stereocenters. The van der Waals surface area contributed by atoms with Crippen molar-refractivity contribution in [3.63, 3.8) is 0 Å². The first-order valence-corrected chi connectivity index (χ1v) is 7.37. The highest BCUT2D eigenvalue weighted by Gasteiger charge is 2.20. The number of carbonyl (C=O) groups excluding carboxylic acids is 1. The Kier molecular flexibility index (Phi) is 5.16. The first-order chi connectivity index (χ1) is 8.78. The Morgan fingerprint density at radius 1 is 1.61 bits per heavy atom. The van der Waals surface area contributed by atoms with Crippen LogP contribution in [0, 0.1) is 5.92 Å². The second-order valence-corrected chi connectivity index (χ2v) is 5.86. The number of hydrogen-bond acceptors (Lipinski definition) is 4. The van der Waals surface area contributed by atoms with Crippen molar-refractivity contribution in [3.05, 3.63) is 22.4 Å². The number of nitrogens with zero attached hydrogens (tertiary/aromatic N) is 1. The predicted molar refractivity (Wildman–Crippen MR) is 74.4 cm³/mol. The molecule has 3 N–H and O–H groups in total. The number of piperidine rings is 1. The number of nitrogens with two attached hydrogens (primary N) is 1. The van der Waals surface area contributed by atoms with E-state index >= 15 is 0 Å². The summed E-state index contributed by atoms with van der Waals surface area (Å²) in [5.74, 6) is 0.514. The molecule has 1 aromatic heterocycles. The van der Waals surface area contributed by atoms with Crippen LogP contribution in [0.15, 0.2) is 17.5 Å². The van der Waals surface area contributed by atoms with Crippen molar-refractivity contribution in [1.29, 1.82) is 0 Å². The van der Waals surface area contributed by atoms with E-state index in [0.29, 0.717) is 5.92 Å². The summed E-state index contributed by atoms with van der Waals surface area (Å²) < 4.78 is 0. The maximum atomic E-state index is 11.1. The number of carbonyl (C=O) groups is 1. The Morgan fingerprint density at radius 3 is 3.22 bits per heavy atom. The fourth-order valence-electron chi connectivity index (χ4n) is 2.41. The van der Waals surface area contributed by atoms with Gasteiger partial charge in [-0.05, 0) is 36.8 Å². The van der Waals surface area contributed by atoms with Gasteiger partial charge in [-0.1, -0.05) is 6.07 Å². The Hall–Kier alpha value is -0.910. The molecular weight excluding hydrogens is 246 g/mol. The second kappa shape index (κ2) is 6.87. The van der Waals surface area contributed by atoms with Crippen molar-refractivity contribution in [2.45, 2.75) is 19.4 Å². The van der Waals surface area contributed by atoms with E-state index in [4.69, 9.17) is 5.73 Å². The molecule has 0 saturated carbocycles. The third-order valence-corrected chi connectivity index (χ3v) is 4.20. The van der Waals surface area contributed by atoms with Gasteiger partial charge in [-0.25, -0.2) is 0 Å². The molecule has 1 saturated heterocycles. The summed E-state index contributed by atoms with van der Waals surface area (Å²) in [6, 6.07) is 4.29. The number of thiophene rings is 1. The fraction of sp³-hybridized carbons (Fsp3) is 0.615. The van der Waals surface area contributed by atoms with Crippen molar-refractivity contribution in [2.24, 2.45) is 11.7 Å². The lowest BCUT2D eigenvalue weighted by atomic mass is 9.98. The summed E-state index contributed by atoms with van der Waals surface area (Å²) in [6.07, 6.45) is 2.42. The summed E-state index contributed by atoms with van der Waals surface area (Å²) in [5.41, 5.74) is 5.28. The number of rotatable bonds is 5.